The van der Waals surface area contributed by atoms with E-state index in [1.165, 1.54) is 6.07 Å². The first-order chi connectivity index (χ1) is 22.4. The number of para-hydroxylation sites is 1. The number of urea groups is 1. The Bertz CT molecular complexity index is 1720. The zero-order valence-electron chi connectivity index (χ0n) is 27.5. The van der Waals surface area contributed by atoms with Crippen LogP contribution in [0, 0.1) is 18.6 Å². The molecule has 1 aromatic heterocycles. The van der Waals surface area contributed by atoms with Gasteiger partial charge in [0.1, 0.15) is 11.4 Å². The maximum absolute atomic E-state index is 14.3. The molecule has 2 heterocycles. The number of esters is 1. The minimum Gasteiger partial charge on any atom is -0.456 e. The topological polar surface area (TPSA) is 97.7 Å². The zero-order chi connectivity index (χ0) is 33.9. The summed E-state index contributed by atoms with van der Waals surface area (Å²) in [4.78, 5) is 28.4. The van der Waals surface area contributed by atoms with Crippen molar-refractivity contribution in [3.63, 3.8) is 0 Å². The lowest BCUT2D eigenvalue weighted by atomic mass is 9.99. The standard InChI is InChI=1S/C36H41F2N5O4/c1-22-31(23-12-14-24(15-13-23)34(44)47-36(2,3)4)41-43(26-10-8-7-9-11-26)33(22)40-35(45)39-30-21-27(18-19-46-6)42(5)32(30)25-16-17-28(37)29(38)20-25/h7-17,20,27,30,32H,18-19,21H2,1-6H3,(H2,39,40,45)/t27-,30-,32+/m1/s1. The average Bonchev–Trinajstić information content (AvgIpc) is 3.52. The number of benzene rings is 3. The van der Waals surface area contributed by atoms with Crippen LogP contribution in [0.25, 0.3) is 16.9 Å². The molecule has 1 fully saturated rings. The number of anilines is 1. The molecular formula is C36H41F2N5O4. The molecule has 1 saturated heterocycles. The van der Waals surface area contributed by atoms with Gasteiger partial charge in [-0.1, -0.05) is 36.4 Å². The van der Waals surface area contributed by atoms with Gasteiger partial charge in [0.2, 0.25) is 0 Å². The molecule has 248 valence electrons. The number of nitrogens with zero attached hydrogens (tertiary/aromatic N) is 3. The van der Waals surface area contributed by atoms with Crippen LogP contribution < -0.4 is 10.6 Å². The maximum atomic E-state index is 14.3. The fourth-order valence-corrected chi connectivity index (χ4v) is 6.06. The lowest BCUT2D eigenvalue weighted by molar-refractivity contribution is 0.00694. The number of ether oxygens (including phenoxy) is 2. The number of halogens is 2. The van der Waals surface area contributed by atoms with Gasteiger partial charge in [0.25, 0.3) is 0 Å². The number of rotatable bonds is 9. The highest BCUT2D eigenvalue weighted by Gasteiger charge is 2.41. The van der Waals surface area contributed by atoms with E-state index in [9.17, 15) is 18.4 Å². The van der Waals surface area contributed by atoms with Gasteiger partial charge in [-0.15, -0.1) is 0 Å². The second kappa shape index (κ2) is 14.0. The van der Waals surface area contributed by atoms with Crippen molar-refractivity contribution >= 4 is 17.8 Å². The quantitative estimate of drug-likeness (QED) is 0.189. The minimum absolute atomic E-state index is 0.0465. The van der Waals surface area contributed by atoms with E-state index in [4.69, 9.17) is 14.6 Å². The Morgan fingerprint density at radius 1 is 1.00 bits per heavy atom. The molecule has 3 aromatic carbocycles. The molecule has 11 heteroatoms. The first-order valence-corrected chi connectivity index (χ1v) is 15.6. The fourth-order valence-electron chi connectivity index (χ4n) is 6.06. The predicted octanol–water partition coefficient (Wildman–Crippen LogP) is 7.05. The van der Waals surface area contributed by atoms with Crippen LogP contribution in [-0.2, 0) is 9.47 Å². The molecule has 2 N–H and O–H groups in total. The second-order valence-electron chi connectivity index (χ2n) is 12.8. The fraction of sp³-hybridized carbons (Fsp3) is 0.361. The lowest BCUT2D eigenvalue weighted by Gasteiger charge is -2.28. The van der Waals surface area contributed by atoms with Crippen LogP contribution in [0.1, 0.15) is 61.1 Å². The summed E-state index contributed by atoms with van der Waals surface area (Å²) in [5.74, 6) is -1.81. The summed E-state index contributed by atoms with van der Waals surface area (Å²) < 4.78 is 40.6. The normalized spacial score (nSPS) is 18.3. The third-order valence-electron chi connectivity index (χ3n) is 8.33. The van der Waals surface area contributed by atoms with Gasteiger partial charge in [0.05, 0.1) is 29.0 Å². The number of methoxy groups -OCH3 is 1. The van der Waals surface area contributed by atoms with Gasteiger partial charge in [-0.25, -0.2) is 23.1 Å². The van der Waals surface area contributed by atoms with E-state index in [0.29, 0.717) is 47.7 Å². The van der Waals surface area contributed by atoms with Crippen molar-refractivity contribution < 1.29 is 27.8 Å². The summed E-state index contributed by atoms with van der Waals surface area (Å²) in [6.07, 6.45) is 1.30. The van der Waals surface area contributed by atoms with Crippen LogP contribution >= 0.6 is 0 Å². The molecule has 9 nitrogen and oxygen atoms in total. The van der Waals surface area contributed by atoms with Gasteiger partial charge in [-0.3, -0.25) is 10.2 Å². The molecule has 2 amide bonds. The molecule has 47 heavy (non-hydrogen) atoms. The molecule has 0 unspecified atom stereocenters. The van der Waals surface area contributed by atoms with Crippen LogP contribution in [-0.4, -0.2) is 65.1 Å². The zero-order valence-corrected chi connectivity index (χ0v) is 27.5. The molecule has 0 spiro atoms. The van der Waals surface area contributed by atoms with E-state index < -0.39 is 41.3 Å². The van der Waals surface area contributed by atoms with E-state index >= 15 is 0 Å². The average molecular weight is 646 g/mol. The van der Waals surface area contributed by atoms with Crippen molar-refractivity contribution in [1.82, 2.24) is 20.0 Å². The second-order valence-corrected chi connectivity index (χ2v) is 12.8. The highest BCUT2D eigenvalue weighted by Crippen LogP contribution is 2.37. The van der Waals surface area contributed by atoms with Crippen LogP contribution in [0.2, 0.25) is 0 Å². The monoisotopic (exact) mass is 645 g/mol. The van der Waals surface area contributed by atoms with Crippen molar-refractivity contribution in [2.24, 2.45) is 0 Å². The number of hydrogen-bond donors (Lipinski definition) is 2. The Balaban J connectivity index is 1.43. The smallest absolute Gasteiger partial charge is 0.338 e. The summed E-state index contributed by atoms with van der Waals surface area (Å²) in [6.45, 7) is 7.84. The highest BCUT2D eigenvalue weighted by atomic mass is 19.2. The van der Waals surface area contributed by atoms with Crippen molar-refractivity contribution in [2.45, 2.75) is 64.3 Å². The molecular weight excluding hydrogens is 604 g/mol. The van der Waals surface area contributed by atoms with Gasteiger partial charge < -0.3 is 14.8 Å². The third-order valence-corrected chi connectivity index (χ3v) is 8.33. The minimum atomic E-state index is -0.937. The van der Waals surface area contributed by atoms with Gasteiger partial charge in [0.15, 0.2) is 11.6 Å². The van der Waals surface area contributed by atoms with Crippen LogP contribution in [0.5, 0.6) is 0 Å². The number of aromatic nitrogens is 2. The van der Waals surface area contributed by atoms with Crippen LogP contribution in [0.3, 0.4) is 0 Å². The molecule has 3 atom stereocenters. The van der Waals surface area contributed by atoms with Crippen molar-refractivity contribution in [3.05, 3.63) is 101 Å². The molecule has 1 aliphatic rings. The Morgan fingerprint density at radius 3 is 2.34 bits per heavy atom. The summed E-state index contributed by atoms with van der Waals surface area (Å²) in [5.41, 5.74) is 3.21. The predicted molar refractivity (Wildman–Crippen MR) is 177 cm³/mol. The number of likely N-dealkylation sites (N-methyl/N-ethyl adjacent to an activating group) is 1. The van der Waals surface area contributed by atoms with E-state index in [1.807, 2.05) is 65.1 Å². The van der Waals surface area contributed by atoms with Gasteiger partial charge >= 0.3 is 12.0 Å². The third kappa shape index (κ3) is 7.69. The van der Waals surface area contributed by atoms with E-state index in [2.05, 4.69) is 15.5 Å². The van der Waals surface area contributed by atoms with Crippen LogP contribution in [0.15, 0.2) is 72.8 Å². The Hall–Kier alpha value is -4.61. The Kier molecular flexibility index (Phi) is 10.1. The molecule has 0 saturated carbocycles. The summed E-state index contributed by atoms with van der Waals surface area (Å²) in [7, 11) is 3.55. The number of likely N-dealkylation sites (tertiary alicyclic amines) is 1. The van der Waals surface area contributed by atoms with E-state index in [0.717, 1.165) is 17.3 Å². The summed E-state index contributed by atoms with van der Waals surface area (Å²) >= 11 is 0. The van der Waals surface area contributed by atoms with Gasteiger partial charge in [-0.2, -0.15) is 5.10 Å². The summed E-state index contributed by atoms with van der Waals surface area (Å²) in [5, 5.41) is 11.0. The Morgan fingerprint density at radius 2 is 1.70 bits per heavy atom. The molecule has 0 bridgehead atoms. The molecule has 0 aliphatic carbocycles. The molecule has 1 aliphatic heterocycles. The van der Waals surface area contributed by atoms with Gasteiger partial charge in [-0.05, 0) is 89.5 Å². The number of carbonyl (C=O) groups excluding carboxylic acids is 2. The molecule has 4 aromatic rings. The molecule has 5 rings (SSSR count). The van der Waals surface area contributed by atoms with Crippen molar-refractivity contribution in [1.29, 1.82) is 0 Å². The lowest BCUT2D eigenvalue weighted by Crippen LogP contribution is -2.41. The Labute approximate surface area is 273 Å². The first kappa shape index (κ1) is 33.7. The number of amides is 2. The van der Waals surface area contributed by atoms with E-state index in [-0.39, 0.29) is 6.04 Å². The van der Waals surface area contributed by atoms with E-state index in [1.54, 1.807) is 42.1 Å². The number of nitrogens with one attached hydrogen (secondary N) is 2. The summed E-state index contributed by atoms with van der Waals surface area (Å²) in [6, 6.07) is 19.1. The SMILES string of the molecule is COCC[C@@H]1C[C@@H](NC(=O)Nc2c(C)c(-c3ccc(C(=O)OC(C)(C)C)cc3)nn2-c2ccccc2)[C@H](c2ccc(F)c(F)c2)N1C. The number of hydrogen-bond acceptors (Lipinski definition) is 6. The maximum Gasteiger partial charge on any atom is 0.338 e. The van der Waals surface area contributed by atoms with Crippen molar-refractivity contribution in [3.8, 4) is 16.9 Å². The first-order valence-electron chi connectivity index (χ1n) is 15.6. The van der Waals surface area contributed by atoms with Gasteiger partial charge in [0, 0.05) is 30.9 Å². The van der Waals surface area contributed by atoms with Crippen LogP contribution in [0.4, 0.5) is 19.4 Å². The number of carbonyl (C=O) groups is 2. The molecule has 0 radical (unpaired) electrons. The largest absolute Gasteiger partial charge is 0.456 e. The van der Waals surface area contributed by atoms with Crippen molar-refractivity contribution in [2.75, 3.05) is 26.1 Å². The highest BCUT2D eigenvalue weighted by molar-refractivity contribution is 5.92.